The summed E-state index contributed by atoms with van der Waals surface area (Å²) in [5, 5.41) is 5.27. The second-order valence-electron chi connectivity index (χ2n) is 3.38. The molecule has 0 saturated carbocycles. The number of aryl methyl sites for hydroxylation is 1. The Kier molecular flexibility index (Phi) is 4.84. The van der Waals surface area contributed by atoms with Gasteiger partial charge in [-0.1, -0.05) is 0 Å². The molecule has 1 atom stereocenters. The molecule has 1 N–H and O–H groups in total. The van der Waals surface area contributed by atoms with E-state index in [4.69, 9.17) is 0 Å². The highest BCUT2D eigenvalue weighted by Crippen LogP contribution is 2.08. The van der Waals surface area contributed by atoms with Crippen LogP contribution in [0.4, 0.5) is 0 Å². The topological polar surface area (TPSA) is 68.3 Å². The first-order valence-corrected chi connectivity index (χ1v) is 5.89. The van der Waals surface area contributed by atoms with Crippen LogP contribution >= 0.6 is 11.3 Å². The van der Waals surface area contributed by atoms with Gasteiger partial charge in [0.15, 0.2) is 0 Å². The third kappa shape index (κ3) is 4.36. The Morgan fingerprint density at radius 3 is 2.82 bits per heavy atom. The van der Waals surface area contributed by atoms with Crippen molar-refractivity contribution in [3.63, 3.8) is 0 Å². The number of nitrogens with zero attached hydrogens (tertiary/aromatic N) is 1. The molecule has 1 rings (SSSR count). The van der Waals surface area contributed by atoms with E-state index >= 15 is 0 Å². The fraction of sp³-hybridized carbons (Fsp3) is 0.364. The lowest BCUT2D eigenvalue weighted by Gasteiger charge is -2.08. The standard InChI is InChI=1S/C11H14N2O3S/c1-7(11(15)16-3)12-10(14)5-4-9-6-17-8(2)13-9/h4-7H,1-3H3,(H,12,14). The molecule has 1 unspecified atom stereocenters. The van der Waals surface area contributed by atoms with Crippen LogP contribution in [0.2, 0.25) is 0 Å². The van der Waals surface area contributed by atoms with Crippen LogP contribution in [0.15, 0.2) is 11.5 Å². The van der Waals surface area contributed by atoms with Crippen LogP contribution in [0.5, 0.6) is 0 Å². The number of ether oxygens (including phenoxy) is 1. The molecule has 5 nitrogen and oxygen atoms in total. The molecule has 0 fully saturated rings. The van der Waals surface area contributed by atoms with Crippen molar-refractivity contribution in [2.75, 3.05) is 7.11 Å². The zero-order valence-electron chi connectivity index (χ0n) is 9.89. The Morgan fingerprint density at radius 2 is 2.29 bits per heavy atom. The molecule has 1 aromatic heterocycles. The summed E-state index contributed by atoms with van der Waals surface area (Å²) in [6, 6.07) is -0.658. The van der Waals surface area contributed by atoms with E-state index in [-0.39, 0.29) is 5.91 Å². The lowest BCUT2D eigenvalue weighted by atomic mass is 10.3. The molecule has 0 aromatic carbocycles. The minimum absolute atomic E-state index is 0.353. The minimum atomic E-state index is -0.658. The van der Waals surface area contributed by atoms with Gasteiger partial charge < -0.3 is 10.1 Å². The van der Waals surface area contributed by atoms with Crippen LogP contribution in [-0.2, 0) is 14.3 Å². The van der Waals surface area contributed by atoms with Gasteiger partial charge in [-0.15, -0.1) is 11.3 Å². The molecule has 1 heterocycles. The largest absolute Gasteiger partial charge is 0.467 e. The Hall–Kier alpha value is -1.69. The van der Waals surface area contributed by atoms with Crippen LogP contribution < -0.4 is 5.32 Å². The summed E-state index contributed by atoms with van der Waals surface area (Å²) < 4.78 is 4.49. The molecule has 92 valence electrons. The smallest absolute Gasteiger partial charge is 0.328 e. The lowest BCUT2D eigenvalue weighted by Crippen LogP contribution is -2.38. The highest BCUT2D eigenvalue weighted by Gasteiger charge is 2.13. The van der Waals surface area contributed by atoms with Gasteiger partial charge in [0.05, 0.1) is 17.8 Å². The molecule has 6 heteroatoms. The van der Waals surface area contributed by atoms with Crippen LogP contribution in [0.25, 0.3) is 6.08 Å². The van der Waals surface area contributed by atoms with Crippen LogP contribution in [0, 0.1) is 6.92 Å². The average Bonchev–Trinajstić information content (AvgIpc) is 2.71. The van der Waals surface area contributed by atoms with Gasteiger partial charge in [0.2, 0.25) is 5.91 Å². The normalized spacial score (nSPS) is 12.4. The first kappa shape index (κ1) is 13.4. The molecule has 1 aromatic rings. The van der Waals surface area contributed by atoms with Crippen LogP contribution in [0.3, 0.4) is 0 Å². The summed E-state index contributed by atoms with van der Waals surface area (Å²) in [7, 11) is 1.28. The van der Waals surface area contributed by atoms with E-state index < -0.39 is 12.0 Å². The van der Waals surface area contributed by atoms with Crippen molar-refractivity contribution < 1.29 is 14.3 Å². The van der Waals surface area contributed by atoms with Crippen LogP contribution in [-0.4, -0.2) is 30.0 Å². The van der Waals surface area contributed by atoms with E-state index in [1.54, 1.807) is 13.0 Å². The molecular weight excluding hydrogens is 240 g/mol. The van der Waals surface area contributed by atoms with E-state index in [0.29, 0.717) is 0 Å². The van der Waals surface area contributed by atoms with Crippen molar-refractivity contribution in [1.82, 2.24) is 10.3 Å². The number of methoxy groups -OCH3 is 1. The summed E-state index contributed by atoms with van der Waals surface area (Å²) in [4.78, 5) is 26.7. The number of nitrogens with one attached hydrogen (secondary N) is 1. The first-order valence-electron chi connectivity index (χ1n) is 5.01. The number of esters is 1. The number of rotatable bonds is 4. The first-order chi connectivity index (χ1) is 8.02. The van der Waals surface area contributed by atoms with E-state index in [1.165, 1.54) is 24.5 Å². The predicted octanol–water partition coefficient (Wildman–Crippen LogP) is 1.14. The second-order valence-corrected chi connectivity index (χ2v) is 4.44. The SMILES string of the molecule is COC(=O)C(C)NC(=O)C=Cc1csc(C)n1. The summed E-state index contributed by atoms with van der Waals surface area (Å²) >= 11 is 1.51. The second kappa shape index (κ2) is 6.15. The predicted molar refractivity (Wildman–Crippen MR) is 65.5 cm³/mol. The van der Waals surface area contributed by atoms with Crippen molar-refractivity contribution in [2.24, 2.45) is 0 Å². The van der Waals surface area contributed by atoms with E-state index in [0.717, 1.165) is 10.7 Å². The Morgan fingerprint density at radius 1 is 1.59 bits per heavy atom. The fourth-order valence-corrected chi connectivity index (χ4v) is 1.70. The Bertz CT molecular complexity index is 440. The van der Waals surface area contributed by atoms with Crippen molar-refractivity contribution in [1.29, 1.82) is 0 Å². The third-order valence-electron chi connectivity index (χ3n) is 1.96. The maximum Gasteiger partial charge on any atom is 0.328 e. The molecule has 0 spiro atoms. The summed E-state index contributed by atoms with van der Waals surface area (Å²) in [5.41, 5.74) is 0.730. The summed E-state index contributed by atoms with van der Waals surface area (Å²) in [5.74, 6) is -0.829. The third-order valence-corrected chi connectivity index (χ3v) is 2.75. The number of carbonyl (C=O) groups is 2. The highest BCUT2D eigenvalue weighted by molar-refractivity contribution is 7.09. The van der Waals surface area contributed by atoms with Crippen LogP contribution in [0.1, 0.15) is 17.6 Å². The summed E-state index contributed by atoms with van der Waals surface area (Å²) in [6.45, 7) is 3.45. The zero-order valence-corrected chi connectivity index (χ0v) is 10.7. The van der Waals surface area contributed by atoms with Gasteiger partial charge in [-0.05, 0) is 19.9 Å². The van der Waals surface area contributed by atoms with Gasteiger partial charge >= 0.3 is 5.97 Å². The molecule has 0 radical (unpaired) electrons. The molecule has 0 aliphatic rings. The highest BCUT2D eigenvalue weighted by atomic mass is 32.1. The lowest BCUT2D eigenvalue weighted by molar-refractivity contribution is -0.144. The quantitative estimate of drug-likeness (QED) is 0.646. The van der Waals surface area contributed by atoms with E-state index in [9.17, 15) is 9.59 Å². The van der Waals surface area contributed by atoms with Gasteiger partial charge in [0.1, 0.15) is 6.04 Å². The zero-order chi connectivity index (χ0) is 12.8. The number of aromatic nitrogens is 1. The number of amides is 1. The molecule has 17 heavy (non-hydrogen) atoms. The number of hydrogen-bond acceptors (Lipinski definition) is 5. The number of carbonyl (C=O) groups excluding carboxylic acids is 2. The molecule has 0 aliphatic carbocycles. The van der Waals surface area contributed by atoms with Crippen molar-refractivity contribution in [2.45, 2.75) is 19.9 Å². The minimum Gasteiger partial charge on any atom is -0.467 e. The van der Waals surface area contributed by atoms with Gasteiger partial charge in [0, 0.05) is 11.5 Å². The monoisotopic (exact) mass is 254 g/mol. The Labute approximate surface area is 104 Å². The van der Waals surface area contributed by atoms with E-state index in [1.807, 2.05) is 12.3 Å². The molecule has 1 amide bonds. The summed E-state index contributed by atoms with van der Waals surface area (Å²) in [6.07, 6.45) is 2.94. The molecule has 0 aliphatic heterocycles. The maximum absolute atomic E-state index is 11.4. The van der Waals surface area contributed by atoms with Crippen molar-refractivity contribution in [3.05, 3.63) is 22.2 Å². The average molecular weight is 254 g/mol. The van der Waals surface area contributed by atoms with Gasteiger partial charge in [0.25, 0.3) is 0 Å². The van der Waals surface area contributed by atoms with Crippen molar-refractivity contribution in [3.8, 4) is 0 Å². The van der Waals surface area contributed by atoms with E-state index in [2.05, 4.69) is 15.0 Å². The molecular formula is C11H14N2O3S. The Balaban J connectivity index is 2.50. The van der Waals surface area contributed by atoms with Crippen molar-refractivity contribution >= 4 is 29.3 Å². The van der Waals surface area contributed by atoms with Gasteiger partial charge in [-0.3, -0.25) is 4.79 Å². The van der Waals surface area contributed by atoms with Gasteiger partial charge in [-0.2, -0.15) is 0 Å². The number of hydrogen-bond donors (Lipinski definition) is 1. The fourth-order valence-electron chi connectivity index (χ4n) is 1.11. The molecule has 0 saturated heterocycles. The maximum atomic E-state index is 11.4. The number of thiazole rings is 1. The van der Waals surface area contributed by atoms with Gasteiger partial charge in [-0.25, -0.2) is 9.78 Å². The molecule has 0 bridgehead atoms.